The monoisotopic (exact) mass is 530 g/mol. The van der Waals surface area contributed by atoms with Gasteiger partial charge in [-0.3, -0.25) is 4.79 Å². The van der Waals surface area contributed by atoms with Gasteiger partial charge in [0.15, 0.2) is 0 Å². The molecule has 6 nitrogen and oxygen atoms in total. The molecular formula is C26H28Cl2N2O4Si. The van der Waals surface area contributed by atoms with Gasteiger partial charge in [0.2, 0.25) is 0 Å². The van der Waals surface area contributed by atoms with E-state index in [4.69, 9.17) is 27.9 Å². The minimum Gasteiger partial charge on any atom is -0.477 e. The lowest BCUT2D eigenvalue weighted by molar-refractivity contribution is -0.114. The van der Waals surface area contributed by atoms with E-state index >= 15 is 0 Å². The number of benzene rings is 2. The molecule has 2 aromatic carbocycles. The first-order chi connectivity index (χ1) is 16.6. The van der Waals surface area contributed by atoms with Crippen LogP contribution in [-0.4, -0.2) is 42.8 Å². The maximum absolute atomic E-state index is 13.2. The van der Waals surface area contributed by atoms with E-state index in [1.54, 1.807) is 27.7 Å². The minimum absolute atomic E-state index is 0.0237. The number of fused-ring (bicyclic) bond motifs is 1. The van der Waals surface area contributed by atoms with Crippen LogP contribution < -0.4 is 4.90 Å². The molecule has 2 heterocycles. The van der Waals surface area contributed by atoms with Crippen molar-refractivity contribution in [2.45, 2.75) is 38.8 Å². The van der Waals surface area contributed by atoms with Crippen molar-refractivity contribution >= 4 is 65.8 Å². The number of carboxylic acids is 1. The number of carbonyl (C=O) groups excluding carboxylic acids is 1. The Morgan fingerprint density at radius 1 is 1.17 bits per heavy atom. The second-order valence-electron chi connectivity index (χ2n) is 9.84. The molecule has 0 saturated carbocycles. The normalized spacial score (nSPS) is 15.5. The molecule has 9 heteroatoms. The first-order valence-electron chi connectivity index (χ1n) is 11.5. The Morgan fingerprint density at radius 2 is 1.89 bits per heavy atom. The van der Waals surface area contributed by atoms with Crippen LogP contribution in [0.2, 0.25) is 35.7 Å². The molecule has 184 valence electrons. The number of aromatic carboxylic acids is 1. The zero-order valence-corrected chi connectivity index (χ0v) is 22.5. The van der Waals surface area contributed by atoms with Gasteiger partial charge in [-0.25, -0.2) is 4.79 Å². The lowest BCUT2D eigenvalue weighted by atomic mass is 10.1. The first-order valence-corrected chi connectivity index (χ1v) is 15.9. The Bertz CT molecular complexity index is 1310. The Labute approximate surface area is 215 Å². The first kappa shape index (κ1) is 25.5. The molecule has 1 fully saturated rings. The summed E-state index contributed by atoms with van der Waals surface area (Å²) < 4.78 is 7.49. The summed E-state index contributed by atoms with van der Waals surface area (Å²) in [6.07, 6.45) is 2.16. The van der Waals surface area contributed by atoms with Crippen LogP contribution in [0.3, 0.4) is 0 Å². The Balaban J connectivity index is 1.78. The molecule has 0 spiro atoms. The third kappa shape index (κ3) is 5.48. The Hall–Kier alpha value is -2.58. The van der Waals surface area contributed by atoms with Crippen molar-refractivity contribution in [1.82, 2.24) is 4.57 Å². The second kappa shape index (κ2) is 10.2. The molecule has 1 aromatic heterocycles. The van der Waals surface area contributed by atoms with Gasteiger partial charge in [-0.1, -0.05) is 61.0 Å². The van der Waals surface area contributed by atoms with E-state index in [1.165, 1.54) is 0 Å². The van der Waals surface area contributed by atoms with Crippen molar-refractivity contribution in [3.63, 3.8) is 0 Å². The van der Waals surface area contributed by atoms with Crippen LogP contribution in [-0.2, 0) is 16.3 Å². The second-order valence-corrected chi connectivity index (χ2v) is 16.3. The fourth-order valence-electron chi connectivity index (χ4n) is 4.24. The molecule has 3 aromatic rings. The summed E-state index contributed by atoms with van der Waals surface area (Å²) in [5, 5.41) is 11.5. The topological polar surface area (TPSA) is 71.8 Å². The molecule has 0 bridgehead atoms. The predicted octanol–water partition coefficient (Wildman–Crippen LogP) is 6.78. The molecule has 35 heavy (non-hydrogen) atoms. The van der Waals surface area contributed by atoms with Crippen molar-refractivity contribution in [2.75, 3.05) is 18.1 Å². The van der Waals surface area contributed by atoms with Gasteiger partial charge < -0.3 is 19.3 Å². The summed E-state index contributed by atoms with van der Waals surface area (Å²) in [5.41, 5.74) is 2.31. The summed E-state index contributed by atoms with van der Waals surface area (Å²) in [5.74, 6) is -1.27. The lowest BCUT2D eigenvalue weighted by Crippen LogP contribution is -2.24. The van der Waals surface area contributed by atoms with Crippen LogP contribution in [0.25, 0.3) is 17.0 Å². The van der Waals surface area contributed by atoms with Gasteiger partial charge in [-0.2, -0.15) is 0 Å². The molecule has 1 N–H and O–H groups in total. The Morgan fingerprint density at radius 3 is 2.54 bits per heavy atom. The fraction of sp³-hybridized carbons (Fsp3) is 0.308. The van der Waals surface area contributed by atoms with Crippen molar-refractivity contribution in [3.8, 4) is 0 Å². The van der Waals surface area contributed by atoms with Crippen LogP contribution in [0.5, 0.6) is 0 Å². The molecule has 0 radical (unpaired) electrons. The lowest BCUT2D eigenvalue weighted by Gasteiger charge is -2.16. The fourth-order valence-corrected chi connectivity index (χ4v) is 5.58. The number of carbonyl (C=O) groups is 2. The average Bonchev–Trinajstić information content (AvgIpc) is 3.29. The molecule has 1 aliphatic heterocycles. The van der Waals surface area contributed by atoms with Gasteiger partial charge in [0.05, 0.1) is 10.5 Å². The van der Waals surface area contributed by atoms with Gasteiger partial charge in [-0.15, -0.1) is 0 Å². The number of rotatable bonds is 8. The number of carboxylic acid groups (broad SMARTS) is 1. The van der Waals surface area contributed by atoms with Crippen LogP contribution in [0.4, 0.5) is 5.69 Å². The van der Waals surface area contributed by atoms with E-state index in [0.29, 0.717) is 51.7 Å². The number of amides is 1. The number of halogens is 2. The minimum atomic E-state index is -1.31. The third-order valence-electron chi connectivity index (χ3n) is 6.05. The molecule has 4 rings (SSSR count). The maximum Gasteiger partial charge on any atom is 0.353 e. The van der Waals surface area contributed by atoms with Crippen molar-refractivity contribution in [2.24, 2.45) is 0 Å². The molecule has 0 atom stereocenters. The van der Waals surface area contributed by atoms with Gasteiger partial charge in [0.1, 0.15) is 12.4 Å². The molecule has 1 saturated heterocycles. The summed E-state index contributed by atoms with van der Waals surface area (Å²) in [4.78, 5) is 27.4. The van der Waals surface area contributed by atoms with E-state index in [1.807, 2.05) is 30.3 Å². The summed E-state index contributed by atoms with van der Waals surface area (Å²) in [6, 6.07) is 13.6. The van der Waals surface area contributed by atoms with Gasteiger partial charge >= 0.3 is 5.97 Å². The highest BCUT2D eigenvalue weighted by atomic mass is 35.5. The molecular weight excluding hydrogens is 503 g/mol. The predicted molar refractivity (Wildman–Crippen MR) is 144 cm³/mol. The highest BCUT2D eigenvalue weighted by Crippen LogP contribution is 2.37. The summed E-state index contributed by atoms with van der Waals surface area (Å²) in [7, 11) is -1.31. The Kier molecular flexibility index (Phi) is 7.42. The zero-order valence-electron chi connectivity index (χ0n) is 20.0. The third-order valence-corrected chi connectivity index (χ3v) is 8.27. The highest BCUT2D eigenvalue weighted by Gasteiger charge is 2.30. The van der Waals surface area contributed by atoms with Gasteiger partial charge in [0.25, 0.3) is 5.91 Å². The number of hydrogen-bond donors (Lipinski definition) is 1. The standard InChI is InChI=1S/C26H28Cl2N2O4Si/c1-35(2,3)12-11-34-16-30-22-15-18(27)14-21(28)23(22)20(24(30)26(32)33)13-17-9-10-29(25(17)31)19-7-5-4-6-8-19/h4-8,13-15H,9-12,16H2,1-3H3,(H,32,33). The van der Waals surface area contributed by atoms with E-state index < -0.39 is 14.0 Å². The number of nitrogens with zero attached hydrogens (tertiary/aromatic N) is 2. The average molecular weight is 532 g/mol. The molecule has 0 aliphatic carbocycles. The van der Waals surface area contributed by atoms with Crippen LogP contribution >= 0.6 is 23.2 Å². The van der Waals surface area contributed by atoms with E-state index in [2.05, 4.69) is 19.6 Å². The molecule has 1 aliphatic rings. The molecule has 1 amide bonds. The van der Waals surface area contributed by atoms with Gasteiger partial charge in [-0.05, 0) is 42.8 Å². The van der Waals surface area contributed by atoms with E-state index in [9.17, 15) is 14.7 Å². The maximum atomic E-state index is 13.2. The zero-order chi connectivity index (χ0) is 25.3. The number of anilines is 1. The number of hydrogen-bond acceptors (Lipinski definition) is 3. The SMILES string of the molecule is C[Si](C)(C)CCOCn1c(C(=O)O)c(C=C2CCN(c3ccccc3)C2=O)c2c(Cl)cc(Cl)cc21. The summed E-state index contributed by atoms with van der Waals surface area (Å²) >= 11 is 12.9. The van der Waals surface area contributed by atoms with Crippen molar-refractivity contribution in [1.29, 1.82) is 0 Å². The summed E-state index contributed by atoms with van der Waals surface area (Å²) in [6.45, 7) is 7.87. The van der Waals surface area contributed by atoms with Gasteiger partial charge in [0, 0.05) is 48.5 Å². The van der Waals surface area contributed by atoms with E-state index in [-0.39, 0.29) is 18.3 Å². The van der Waals surface area contributed by atoms with Crippen molar-refractivity contribution in [3.05, 3.63) is 69.3 Å². The van der Waals surface area contributed by atoms with E-state index in [0.717, 1.165) is 11.7 Å². The highest BCUT2D eigenvalue weighted by molar-refractivity contribution is 6.76. The van der Waals surface area contributed by atoms with Crippen molar-refractivity contribution < 1.29 is 19.4 Å². The van der Waals surface area contributed by atoms with Crippen LogP contribution in [0.15, 0.2) is 48.0 Å². The quantitative estimate of drug-likeness (QED) is 0.198. The number of para-hydroxylation sites is 1. The largest absolute Gasteiger partial charge is 0.477 e. The van der Waals surface area contributed by atoms with Crippen LogP contribution in [0, 0.1) is 0 Å². The number of ether oxygens (including phenoxy) is 1. The molecule has 0 unspecified atom stereocenters. The van der Waals surface area contributed by atoms with Crippen LogP contribution in [0.1, 0.15) is 22.5 Å². The smallest absolute Gasteiger partial charge is 0.353 e. The number of aromatic nitrogens is 1.